The lowest BCUT2D eigenvalue weighted by Crippen LogP contribution is -2.31. The molecule has 2 heterocycles. The second-order valence-corrected chi connectivity index (χ2v) is 4.42. The van der Waals surface area contributed by atoms with Crippen molar-refractivity contribution >= 4 is 17.7 Å². The maximum atomic E-state index is 11.5. The van der Waals surface area contributed by atoms with Gasteiger partial charge in [-0.3, -0.25) is 4.79 Å². The Labute approximate surface area is 110 Å². The molecule has 0 radical (unpaired) electrons. The Hall–Kier alpha value is -2.18. The van der Waals surface area contributed by atoms with E-state index in [2.05, 4.69) is 15.3 Å². The molecule has 0 saturated carbocycles. The van der Waals surface area contributed by atoms with Crippen LogP contribution >= 0.6 is 0 Å². The van der Waals surface area contributed by atoms with Crippen molar-refractivity contribution in [2.75, 3.05) is 18.4 Å². The van der Waals surface area contributed by atoms with Gasteiger partial charge in [-0.25, -0.2) is 14.8 Å². The largest absolute Gasteiger partial charge is 0.476 e. The van der Waals surface area contributed by atoms with E-state index in [9.17, 15) is 9.59 Å². The minimum absolute atomic E-state index is 0.0836. The van der Waals surface area contributed by atoms with E-state index in [1.807, 2.05) is 11.8 Å². The molecule has 19 heavy (non-hydrogen) atoms. The van der Waals surface area contributed by atoms with Crippen molar-refractivity contribution in [3.05, 3.63) is 18.1 Å². The first-order valence-corrected chi connectivity index (χ1v) is 6.19. The Morgan fingerprint density at radius 2 is 2.26 bits per heavy atom. The van der Waals surface area contributed by atoms with Crippen molar-refractivity contribution in [1.29, 1.82) is 0 Å². The summed E-state index contributed by atoms with van der Waals surface area (Å²) in [6, 6.07) is 0.139. The fourth-order valence-electron chi connectivity index (χ4n) is 2.05. The fraction of sp³-hybridized carbons (Fsp3) is 0.500. The molecule has 2 N–H and O–H groups in total. The van der Waals surface area contributed by atoms with Crippen LogP contribution in [-0.4, -0.2) is 51.0 Å². The van der Waals surface area contributed by atoms with Gasteiger partial charge in [0.05, 0.1) is 12.4 Å². The normalized spacial score (nSPS) is 18.4. The molecule has 1 amide bonds. The second kappa shape index (κ2) is 5.64. The molecule has 2 rings (SSSR count). The summed E-state index contributed by atoms with van der Waals surface area (Å²) in [6.07, 6.45) is 3.98. The van der Waals surface area contributed by atoms with Gasteiger partial charge in [-0.05, 0) is 6.42 Å². The number of hydrogen-bond acceptors (Lipinski definition) is 5. The molecule has 1 saturated heterocycles. The van der Waals surface area contributed by atoms with Crippen LogP contribution in [0.25, 0.3) is 0 Å². The van der Waals surface area contributed by atoms with E-state index in [-0.39, 0.29) is 17.6 Å². The van der Waals surface area contributed by atoms with Crippen molar-refractivity contribution < 1.29 is 14.7 Å². The van der Waals surface area contributed by atoms with E-state index in [0.717, 1.165) is 13.0 Å². The van der Waals surface area contributed by atoms with Gasteiger partial charge in [-0.1, -0.05) is 6.92 Å². The zero-order chi connectivity index (χ0) is 13.8. The average molecular weight is 264 g/mol. The Kier molecular flexibility index (Phi) is 3.94. The molecule has 1 aromatic rings. The minimum Gasteiger partial charge on any atom is -0.476 e. The van der Waals surface area contributed by atoms with Crippen LogP contribution in [-0.2, 0) is 4.79 Å². The lowest BCUT2D eigenvalue weighted by molar-refractivity contribution is -0.129. The third-order valence-electron chi connectivity index (χ3n) is 3.07. The Balaban J connectivity index is 1.92. The maximum Gasteiger partial charge on any atom is 0.356 e. The van der Waals surface area contributed by atoms with Crippen molar-refractivity contribution in [2.45, 2.75) is 25.8 Å². The number of nitrogens with zero attached hydrogens (tertiary/aromatic N) is 3. The number of carboxylic acids is 1. The third kappa shape index (κ3) is 3.18. The van der Waals surface area contributed by atoms with E-state index >= 15 is 0 Å². The first-order valence-electron chi connectivity index (χ1n) is 6.19. The topological polar surface area (TPSA) is 95.4 Å². The summed E-state index contributed by atoms with van der Waals surface area (Å²) in [5.74, 6) is -0.419. The van der Waals surface area contributed by atoms with Crippen LogP contribution in [0.1, 0.15) is 30.3 Å². The number of anilines is 1. The van der Waals surface area contributed by atoms with Gasteiger partial charge in [0.2, 0.25) is 5.91 Å². The van der Waals surface area contributed by atoms with Crippen molar-refractivity contribution in [2.24, 2.45) is 0 Å². The molecule has 0 spiro atoms. The number of hydrogen-bond donors (Lipinski definition) is 2. The number of nitrogens with one attached hydrogen (secondary N) is 1. The zero-order valence-corrected chi connectivity index (χ0v) is 10.7. The van der Waals surface area contributed by atoms with Crippen LogP contribution in [0, 0.1) is 0 Å². The van der Waals surface area contributed by atoms with Gasteiger partial charge in [0, 0.05) is 25.6 Å². The highest BCUT2D eigenvalue weighted by Crippen LogP contribution is 2.14. The molecule has 1 atom stereocenters. The van der Waals surface area contributed by atoms with E-state index in [4.69, 9.17) is 5.11 Å². The fourth-order valence-corrected chi connectivity index (χ4v) is 2.05. The first kappa shape index (κ1) is 13.3. The van der Waals surface area contributed by atoms with Gasteiger partial charge in [0.15, 0.2) is 5.69 Å². The number of carbonyl (C=O) groups is 2. The highest BCUT2D eigenvalue weighted by atomic mass is 16.4. The molecule has 7 nitrogen and oxygen atoms in total. The predicted octanol–water partition coefficient (Wildman–Crippen LogP) is 0.598. The molecule has 0 bridgehead atoms. The summed E-state index contributed by atoms with van der Waals surface area (Å²) in [6.45, 7) is 3.24. The number of likely N-dealkylation sites (tertiary alicyclic amines) is 1. The maximum absolute atomic E-state index is 11.5. The van der Waals surface area contributed by atoms with E-state index < -0.39 is 5.97 Å². The van der Waals surface area contributed by atoms with Gasteiger partial charge >= 0.3 is 5.97 Å². The number of aromatic carboxylic acids is 1. The Morgan fingerprint density at radius 3 is 2.84 bits per heavy atom. The number of carboxylic acid groups (broad SMARTS) is 1. The van der Waals surface area contributed by atoms with Crippen molar-refractivity contribution in [3.8, 4) is 0 Å². The molecule has 1 fully saturated rings. The molecule has 0 aliphatic carbocycles. The predicted molar refractivity (Wildman–Crippen MR) is 67.9 cm³/mol. The molecule has 7 heteroatoms. The van der Waals surface area contributed by atoms with Crippen LogP contribution in [0.5, 0.6) is 0 Å². The number of amides is 1. The SMILES string of the molecule is CCC(=O)N1CCC(Nc2cnc(C(=O)O)cn2)C1. The zero-order valence-electron chi connectivity index (χ0n) is 10.7. The molecule has 0 aromatic carbocycles. The van der Waals surface area contributed by atoms with Crippen LogP contribution in [0.4, 0.5) is 5.82 Å². The minimum atomic E-state index is -1.10. The molecule has 102 valence electrons. The van der Waals surface area contributed by atoms with Crippen molar-refractivity contribution in [1.82, 2.24) is 14.9 Å². The van der Waals surface area contributed by atoms with Gasteiger partial charge < -0.3 is 15.3 Å². The average Bonchev–Trinajstić information content (AvgIpc) is 2.87. The molecule has 1 aromatic heterocycles. The van der Waals surface area contributed by atoms with Crippen molar-refractivity contribution in [3.63, 3.8) is 0 Å². The molecule has 1 aliphatic heterocycles. The lowest BCUT2D eigenvalue weighted by Gasteiger charge is -2.16. The molecule has 1 aliphatic rings. The smallest absolute Gasteiger partial charge is 0.356 e. The number of rotatable bonds is 4. The highest BCUT2D eigenvalue weighted by molar-refractivity contribution is 5.84. The monoisotopic (exact) mass is 264 g/mol. The third-order valence-corrected chi connectivity index (χ3v) is 3.07. The summed E-state index contributed by atoms with van der Waals surface area (Å²) in [7, 11) is 0. The lowest BCUT2D eigenvalue weighted by atomic mass is 10.2. The van der Waals surface area contributed by atoms with Crippen LogP contribution < -0.4 is 5.32 Å². The number of carbonyl (C=O) groups excluding carboxylic acids is 1. The highest BCUT2D eigenvalue weighted by Gasteiger charge is 2.25. The summed E-state index contributed by atoms with van der Waals surface area (Å²) in [4.78, 5) is 31.8. The Bertz CT molecular complexity index is 474. The molecular weight excluding hydrogens is 248 g/mol. The van der Waals surface area contributed by atoms with Gasteiger partial charge in [0.25, 0.3) is 0 Å². The molecule has 1 unspecified atom stereocenters. The standard InChI is InChI=1S/C12H16N4O3/c1-2-11(17)16-4-3-8(7-16)15-10-6-13-9(5-14-10)12(18)19/h5-6,8H,2-4,7H2,1H3,(H,14,15)(H,18,19). The molecular formula is C12H16N4O3. The summed E-state index contributed by atoms with van der Waals surface area (Å²) >= 11 is 0. The van der Waals surface area contributed by atoms with Crippen LogP contribution in [0.15, 0.2) is 12.4 Å². The summed E-state index contributed by atoms with van der Waals surface area (Å²) in [5.41, 5.74) is -0.0836. The van der Waals surface area contributed by atoms with Gasteiger partial charge in [0.1, 0.15) is 5.82 Å². The number of aromatic nitrogens is 2. The van der Waals surface area contributed by atoms with Gasteiger partial charge in [-0.15, -0.1) is 0 Å². The van der Waals surface area contributed by atoms with Gasteiger partial charge in [-0.2, -0.15) is 0 Å². The second-order valence-electron chi connectivity index (χ2n) is 4.42. The quantitative estimate of drug-likeness (QED) is 0.826. The summed E-state index contributed by atoms with van der Waals surface area (Å²) in [5, 5.41) is 11.9. The van der Waals surface area contributed by atoms with E-state index in [1.54, 1.807) is 0 Å². The van der Waals surface area contributed by atoms with E-state index in [1.165, 1.54) is 12.4 Å². The van der Waals surface area contributed by atoms with E-state index in [0.29, 0.717) is 18.8 Å². The van der Waals surface area contributed by atoms with Crippen LogP contribution in [0.2, 0.25) is 0 Å². The summed E-state index contributed by atoms with van der Waals surface area (Å²) < 4.78 is 0. The first-order chi connectivity index (χ1) is 9.10. The Morgan fingerprint density at radius 1 is 1.47 bits per heavy atom. The van der Waals surface area contributed by atoms with Crippen LogP contribution in [0.3, 0.4) is 0 Å².